The molecule has 0 atom stereocenters. The van der Waals surface area contributed by atoms with Crippen LogP contribution < -0.4 is 4.72 Å². The van der Waals surface area contributed by atoms with Crippen LogP contribution in [0.15, 0.2) is 35.4 Å². The first-order chi connectivity index (χ1) is 10.6. The largest absolute Gasteiger partial charge is 0.274 e. The molecule has 23 heavy (non-hydrogen) atoms. The Labute approximate surface area is 136 Å². The fraction of sp³-hybridized carbons (Fsp3) is 0.438. The maximum absolute atomic E-state index is 12.9. The Bertz CT molecular complexity index is 775. The van der Waals surface area contributed by atoms with Crippen molar-refractivity contribution in [2.75, 3.05) is 6.54 Å². The van der Waals surface area contributed by atoms with Crippen LogP contribution in [0, 0.1) is 5.82 Å². The fourth-order valence-electron chi connectivity index (χ4n) is 2.24. The minimum atomic E-state index is -3.64. The number of hydrogen-bond donors (Lipinski definition) is 1. The molecular formula is C16H22FN3O2S. The molecule has 0 saturated carbocycles. The highest BCUT2D eigenvalue weighted by molar-refractivity contribution is 7.89. The summed E-state index contributed by atoms with van der Waals surface area (Å²) in [5.74, 6) is -0.306. The SMILES string of the molecule is Cn1cc(S(=O)(=O)NCCc2ccc(F)cc2)c(C(C)(C)C)n1. The molecular weight excluding hydrogens is 317 g/mol. The second kappa shape index (κ2) is 6.41. The van der Waals surface area contributed by atoms with Crippen molar-refractivity contribution in [3.63, 3.8) is 0 Å². The molecule has 126 valence electrons. The zero-order chi connectivity index (χ0) is 17.3. The number of nitrogens with one attached hydrogen (secondary N) is 1. The Morgan fingerprint density at radius 3 is 2.39 bits per heavy atom. The lowest BCUT2D eigenvalue weighted by Crippen LogP contribution is -2.28. The van der Waals surface area contributed by atoms with Gasteiger partial charge in [-0.3, -0.25) is 4.68 Å². The van der Waals surface area contributed by atoms with E-state index < -0.39 is 10.0 Å². The highest BCUT2D eigenvalue weighted by atomic mass is 32.2. The van der Waals surface area contributed by atoms with Crippen LogP contribution in [0.5, 0.6) is 0 Å². The molecule has 0 unspecified atom stereocenters. The predicted molar refractivity (Wildman–Crippen MR) is 87.2 cm³/mol. The van der Waals surface area contributed by atoms with Crippen LogP contribution in [-0.4, -0.2) is 24.7 Å². The lowest BCUT2D eigenvalue weighted by atomic mass is 9.92. The van der Waals surface area contributed by atoms with Gasteiger partial charge in [-0.1, -0.05) is 32.9 Å². The van der Waals surface area contributed by atoms with Gasteiger partial charge in [-0.05, 0) is 24.1 Å². The zero-order valence-corrected chi connectivity index (χ0v) is 14.6. The molecule has 1 aromatic heterocycles. The molecule has 0 saturated heterocycles. The van der Waals surface area contributed by atoms with Gasteiger partial charge in [-0.2, -0.15) is 5.10 Å². The number of nitrogens with zero attached hydrogens (tertiary/aromatic N) is 2. The third kappa shape index (κ3) is 4.39. The summed E-state index contributed by atoms with van der Waals surface area (Å²) < 4.78 is 42.0. The van der Waals surface area contributed by atoms with Crippen LogP contribution in [0.25, 0.3) is 0 Å². The van der Waals surface area contributed by atoms with Crippen molar-refractivity contribution in [3.8, 4) is 0 Å². The lowest BCUT2D eigenvalue weighted by Gasteiger charge is -2.17. The van der Waals surface area contributed by atoms with E-state index in [0.29, 0.717) is 12.1 Å². The number of sulfonamides is 1. The molecule has 0 amide bonds. The van der Waals surface area contributed by atoms with Crippen LogP contribution in [0.1, 0.15) is 32.0 Å². The molecule has 2 aromatic rings. The molecule has 5 nitrogen and oxygen atoms in total. The topological polar surface area (TPSA) is 64.0 Å². The molecule has 1 N–H and O–H groups in total. The number of hydrogen-bond acceptors (Lipinski definition) is 3. The van der Waals surface area contributed by atoms with Gasteiger partial charge in [0, 0.05) is 25.2 Å². The van der Waals surface area contributed by atoms with E-state index in [1.54, 1.807) is 19.2 Å². The van der Waals surface area contributed by atoms with Crippen molar-refractivity contribution in [2.45, 2.75) is 37.5 Å². The van der Waals surface area contributed by atoms with E-state index in [2.05, 4.69) is 9.82 Å². The molecule has 1 aromatic carbocycles. The monoisotopic (exact) mass is 339 g/mol. The molecule has 0 aliphatic carbocycles. The first kappa shape index (κ1) is 17.6. The van der Waals surface area contributed by atoms with Gasteiger partial charge in [0.1, 0.15) is 10.7 Å². The quantitative estimate of drug-likeness (QED) is 0.910. The number of rotatable bonds is 5. The normalized spacial score (nSPS) is 12.6. The molecule has 0 aliphatic rings. The Balaban J connectivity index is 2.12. The van der Waals surface area contributed by atoms with E-state index >= 15 is 0 Å². The van der Waals surface area contributed by atoms with Crippen LogP contribution >= 0.6 is 0 Å². The van der Waals surface area contributed by atoms with E-state index in [0.717, 1.165) is 5.56 Å². The summed E-state index contributed by atoms with van der Waals surface area (Å²) in [6, 6.07) is 6.02. The summed E-state index contributed by atoms with van der Waals surface area (Å²) in [6.45, 7) is 6.01. The van der Waals surface area contributed by atoms with Crippen molar-refractivity contribution in [2.24, 2.45) is 7.05 Å². The molecule has 0 fully saturated rings. The summed E-state index contributed by atoms with van der Waals surface area (Å²) in [7, 11) is -1.94. The van der Waals surface area contributed by atoms with Crippen molar-refractivity contribution < 1.29 is 12.8 Å². The molecule has 0 bridgehead atoms. The van der Waals surface area contributed by atoms with Crippen LogP contribution in [0.3, 0.4) is 0 Å². The second-order valence-electron chi connectivity index (χ2n) is 6.54. The maximum atomic E-state index is 12.9. The van der Waals surface area contributed by atoms with Crippen LogP contribution in [0.4, 0.5) is 4.39 Å². The van der Waals surface area contributed by atoms with E-state index in [4.69, 9.17) is 0 Å². The predicted octanol–water partition coefficient (Wildman–Crippen LogP) is 2.38. The highest BCUT2D eigenvalue weighted by Gasteiger charge is 2.29. The van der Waals surface area contributed by atoms with Crippen molar-refractivity contribution in [1.29, 1.82) is 0 Å². The zero-order valence-electron chi connectivity index (χ0n) is 13.8. The summed E-state index contributed by atoms with van der Waals surface area (Å²) in [4.78, 5) is 0.201. The first-order valence-corrected chi connectivity index (χ1v) is 8.86. The molecule has 1 heterocycles. The number of halogens is 1. The average molecular weight is 339 g/mol. The third-order valence-electron chi connectivity index (χ3n) is 3.41. The van der Waals surface area contributed by atoms with Gasteiger partial charge in [-0.25, -0.2) is 17.5 Å². The van der Waals surface area contributed by atoms with Crippen LogP contribution in [-0.2, 0) is 28.9 Å². The smallest absolute Gasteiger partial charge is 0.244 e. The van der Waals surface area contributed by atoms with Gasteiger partial charge in [0.15, 0.2) is 0 Å². The van der Waals surface area contributed by atoms with Gasteiger partial charge in [0.25, 0.3) is 0 Å². The minimum absolute atomic E-state index is 0.201. The van der Waals surface area contributed by atoms with Gasteiger partial charge in [0.05, 0.1) is 5.69 Å². The van der Waals surface area contributed by atoms with E-state index in [1.165, 1.54) is 23.0 Å². The van der Waals surface area contributed by atoms with Gasteiger partial charge in [0.2, 0.25) is 10.0 Å². The first-order valence-electron chi connectivity index (χ1n) is 7.38. The number of aromatic nitrogens is 2. The molecule has 2 rings (SSSR count). The third-order valence-corrected chi connectivity index (χ3v) is 4.88. The van der Waals surface area contributed by atoms with Gasteiger partial charge < -0.3 is 0 Å². The molecule has 0 radical (unpaired) electrons. The Kier molecular flexibility index (Phi) is 4.91. The second-order valence-corrected chi connectivity index (χ2v) is 8.28. The number of aryl methyl sites for hydroxylation is 1. The highest BCUT2D eigenvalue weighted by Crippen LogP contribution is 2.27. The van der Waals surface area contributed by atoms with Gasteiger partial charge in [-0.15, -0.1) is 0 Å². The molecule has 7 heteroatoms. The Morgan fingerprint density at radius 1 is 1.22 bits per heavy atom. The van der Waals surface area contributed by atoms with E-state index in [1.807, 2.05) is 20.8 Å². The standard InChI is InChI=1S/C16H22FN3O2S/c1-16(2,3)15-14(11-20(4)19-15)23(21,22)18-10-9-12-5-7-13(17)8-6-12/h5-8,11,18H,9-10H2,1-4H3. The summed E-state index contributed by atoms with van der Waals surface area (Å²) in [5, 5.41) is 4.28. The minimum Gasteiger partial charge on any atom is -0.274 e. The van der Waals surface area contributed by atoms with Crippen molar-refractivity contribution in [3.05, 3.63) is 47.5 Å². The van der Waals surface area contributed by atoms with E-state index in [9.17, 15) is 12.8 Å². The maximum Gasteiger partial charge on any atom is 0.244 e. The average Bonchev–Trinajstić information content (AvgIpc) is 2.84. The van der Waals surface area contributed by atoms with Crippen molar-refractivity contribution in [1.82, 2.24) is 14.5 Å². The molecule has 0 aliphatic heterocycles. The number of benzene rings is 1. The van der Waals surface area contributed by atoms with Crippen molar-refractivity contribution >= 4 is 10.0 Å². The summed E-state index contributed by atoms with van der Waals surface area (Å²) in [6.07, 6.45) is 2.01. The van der Waals surface area contributed by atoms with E-state index in [-0.39, 0.29) is 22.7 Å². The van der Waals surface area contributed by atoms with Gasteiger partial charge >= 0.3 is 0 Å². The lowest BCUT2D eigenvalue weighted by molar-refractivity contribution is 0.535. The summed E-state index contributed by atoms with van der Waals surface area (Å²) >= 11 is 0. The summed E-state index contributed by atoms with van der Waals surface area (Å²) in [5.41, 5.74) is 1.04. The Hall–Kier alpha value is -1.73. The van der Waals surface area contributed by atoms with Crippen LogP contribution in [0.2, 0.25) is 0 Å². The fourth-order valence-corrected chi connectivity index (χ4v) is 3.66. The molecule has 0 spiro atoms. The Morgan fingerprint density at radius 2 is 1.83 bits per heavy atom.